The predicted molar refractivity (Wildman–Crippen MR) is 59.3 cm³/mol. The van der Waals surface area contributed by atoms with Gasteiger partial charge in [-0.15, -0.1) is 0 Å². The molecule has 0 unspecified atom stereocenters. The Morgan fingerprint density at radius 3 is 2.57 bits per heavy atom. The summed E-state index contributed by atoms with van der Waals surface area (Å²) in [6, 6.07) is 0. The lowest BCUT2D eigenvalue weighted by Crippen LogP contribution is -2.29. The number of fused-ring (bicyclic) bond motifs is 1. The maximum atomic E-state index is 11.5. The van der Waals surface area contributed by atoms with Crippen molar-refractivity contribution in [3.05, 3.63) is 24.7 Å². The molecular formula is C7H7IN4O2. The predicted octanol–water partition coefficient (Wildman–Crippen LogP) is -0.435. The van der Waals surface area contributed by atoms with E-state index < -0.39 is 11.2 Å². The van der Waals surface area contributed by atoms with E-state index in [-0.39, 0.29) is 0 Å². The van der Waals surface area contributed by atoms with E-state index >= 15 is 0 Å². The van der Waals surface area contributed by atoms with Crippen molar-refractivity contribution in [1.29, 1.82) is 0 Å². The second kappa shape index (κ2) is 2.94. The molecule has 0 aliphatic carbocycles. The van der Waals surface area contributed by atoms with E-state index in [4.69, 9.17) is 0 Å². The zero-order valence-corrected chi connectivity index (χ0v) is 9.69. The fraction of sp³-hybridized carbons (Fsp3) is 0.286. The largest absolute Gasteiger partial charge is 0.329 e. The molecule has 0 atom stereocenters. The SMILES string of the molecule is Cn1c(I)nc2c1c(=O)[nH]c(=O)n2C. The number of hydrogen-bond donors (Lipinski definition) is 1. The summed E-state index contributed by atoms with van der Waals surface area (Å²) in [6.07, 6.45) is 0. The van der Waals surface area contributed by atoms with Crippen LogP contribution in [0.2, 0.25) is 0 Å². The van der Waals surface area contributed by atoms with Crippen LogP contribution in [0.25, 0.3) is 11.2 Å². The van der Waals surface area contributed by atoms with Gasteiger partial charge in [-0.1, -0.05) is 0 Å². The summed E-state index contributed by atoms with van der Waals surface area (Å²) in [5.41, 5.74) is -0.0276. The number of imidazole rings is 1. The van der Waals surface area contributed by atoms with Crippen LogP contribution in [0.3, 0.4) is 0 Å². The number of H-pyrrole nitrogens is 1. The summed E-state index contributed by atoms with van der Waals surface area (Å²) in [5, 5.41) is 0. The average molecular weight is 306 g/mol. The zero-order valence-electron chi connectivity index (χ0n) is 7.54. The first-order valence-electron chi connectivity index (χ1n) is 3.83. The molecule has 0 amide bonds. The molecule has 0 saturated carbocycles. The number of rotatable bonds is 0. The molecule has 0 saturated heterocycles. The van der Waals surface area contributed by atoms with E-state index in [2.05, 4.69) is 9.97 Å². The molecule has 2 rings (SSSR count). The first-order valence-corrected chi connectivity index (χ1v) is 4.91. The molecule has 74 valence electrons. The molecule has 0 spiro atoms. The van der Waals surface area contributed by atoms with Gasteiger partial charge in [-0.25, -0.2) is 9.78 Å². The Morgan fingerprint density at radius 2 is 1.93 bits per heavy atom. The van der Waals surface area contributed by atoms with Gasteiger partial charge in [0.2, 0.25) is 0 Å². The van der Waals surface area contributed by atoms with Gasteiger partial charge in [-0.05, 0) is 0 Å². The molecule has 0 fully saturated rings. The first kappa shape index (κ1) is 9.44. The van der Waals surface area contributed by atoms with Crippen molar-refractivity contribution in [2.24, 2.45) is 14.1 Å². The van der Waals surface area contributed by atoms with E-state index in [0.29, 0.717) is 15.0 Å². The molecule has 6 nitrogen and oxygen atoms in total. The number of aromatic nitrogens is 4. The van der Waals surface area contributed by atoms with E-state index in [1.165, 1.54) is 4.57 Å². The molecule has 0 bridgehead atoms. The maximum absolute atomic E-state index is 11.5. The highest BCUT2D eigenvalue weighted by Gasteiger charge is 2.12. The van der Waals surface area contributed by atoms with Gasteiger partial charge >= 0.3 is 5.69 Å². The smallest absolute Gasteiger partial charge is 0.317 e. The number of nitrogens with one attached hydrogen (secondary N) is 1. The normalized spacial score (nSPS) is 11.1. The van der Waals surface area contributed by atoms with Crippen molar-refractivity contribution in [2.45, 2.75) is 0 Å². The van der Waals surface area contributed by atoms with Gasteiger partial charge in [0.05, 0.1) is 0 Å². The Balaban J connectivity index is 3.18. The van der Waals surface area contributed by atoms with Crippen LogP contribution >= 0.6 is 22.6 Å². The zero-order chi connectivity index (χ0) is 10.5. The van der Waals surface area contributed by atoms with Gasteiger partial charge in [-0.2, -0.15) is 0 Å². The minimum absolute atomic E-state index is 0.402. The molecule has 0 radical (unpaired) electrons. The lowest BCUT2D eigenvalue weighted by molar-refractivity contribution is 0.829. The third-order valence-electron chi connectivity index (χ3n) is 2.08. The molecule has 0 aliphatic heterocycles. The lowest BCUT2D eigenvalue weighted by atomic mass is 10.5. The van der Waals surface area contributed by atoms with Crippen LogP contribution in [0.1, 0.15) is 0 Å². The van der Waals surface area contributed by atoms with Crippen molar-refractivity contribution in [2.75, 3.05) is 0 Å². The summed E-state index contributed by atoms with van der Waals surface area (Å²) in [7, 11) is 3.31. The average Bonchev–Trinajstić information content (AvgIpc) is 2.40. The Morgan fingerprint density at radius 1 is 1.29 bits per heavy atom. The highest BCUT2D eigenvalue weighted by Crippen LogP contribution is 2.09. The molecular weight excluding hydrogens is 299 g/mol. The minimum Gasteiger partial charge on any atom is -0.317 e. The number of halogens is 1. The first-order chi connectivity index (χ1) is 6.52. The maximum Gasteiger partial charge on any atom is 0.329 e. The minimum atomic E-state index is -0.447. The number of nitrogens with zero attached hydrogens (tertiary/aromatic N) is 3. The fourth-order valence-corrected chi connectivity index (χ4v) is 1.75. The van der Waals surface area contributed by atoms with Crippen LogP contribution in [0, 0.1) is 3.83 Å². The quantitative estimate of drug-likeness (QED) is 0.530. The molecule has 2 aromatic rings. The van der Waals surface area contributed by atoms with Crippen molar-refractivity contribution in [1.82, 2.24) is 19.1 Å². The monoisotopic (exact) mass is 306 g/mol. The Kier molecular flexibility index (Phi) is 1.98. The van der Waals surface area contributed by atoms with Crippen molar-refractivity contribution in [3.63, 3.8) is 0 Å². The molecule has 7 heteroatoms. The summed E-state index contributed by atoms with van der Waals surface area (Å²) in [5.74, 6) is 0. The van der Waals surface area contributed by atoms with Crippen molar-refractivity contribution >= 4 is 33.8 Å². The number of aryl methyl sites for hydroxylation is 2. The highest BCUT2D eigenvalue weighted by atomic mass is 127. The number of aromatic amines is 1. The molecule has 2 aromatic heterocycles. The summed E-state index contributed by atoms with van der Waals surface area (Å²) >= 11 is 2.01. The Bertz CT molecular complexity index is 621. The summed E-state index contributed by atoms with van der Waals surface area (Å²) < 4.78 is 3.64. The topological polar surface area (TPSA) is 72.7 Å². The van der Waals surface area contributed by atoms with Crippen LogP contribution in [-0.2, 0) is 14.1 Å². The Hall–Kier alpha value is -1.12. The van der Waals surface area contributed by atoms with E-state index in [1.807, 2.05) is 22.6 Å². The number of hydrogen-bond acceptors (Lipinski definition) is 3. The molecule has 1 N–H and O–H groups in total. The molecule has 2 heterocycles. The van der Waals surface area contributed by atoms with Gasteiger partial charge in [-0.3, -0.25) is 14.3 Å². The van der Waals surface area contributed by atoms with Crippen LogP contribution in [-0.4, -0.2) is 19.1 Å². The van der Waals surface area contributed by atoms with Gasteiger partial charge in [0.15, 0.2) is 15.0 Å². The third-order valence-corrected chi connectivity index (χ3v) is 3.04. The lowest BCUT2D eigenvalue weighted by Gasteiger charge is -1.97. The van der Waals surface area contributed by atoms with Crippen molar-refractivity contribution in [3.8, 4) is 0 Å². The van der Waals surface area contributed by atoms with E-state index in [0.717, 1.165) is 0 Å². The highest BCUT2D eigenvalue weighted by molar-refractivity contribution is 14.1. The van der Waals surface area contributed by atoms with E-state index in [1.54, 1.807) is 18.7 Å². The van der Waals surface area contributed by atoms with E-state index in [9.17, 15) is 9.59 Å². The molecule has 0 aliphatic rings. The standard InChI is InChI=1S/C7H7IN4O2/c1-11-3-4(9-6(11)8)12(2)7(14)10-5(3)13/h1-2H3,(H,10,13,14). The van der Waals surface area contributed by atoms with Crippen LogP contribution in [0.5, 0.6) is 0 Å². The second-order valence-electron chi connectivity index (χ2n) is 2.93. The van der Waals surface area contributed by atoms with Crippen molar-refractivity contribution < 1.29 is 0 Å². The van der Waals surface area contributed by atoms with Gasteiger partial charge < -0.3 is 4.57 Å². The third kappa shape index (κ3) is 1.11. The van der Waals surface area contributed by atoms with Gasteiger partial charge in [0.25, 0.3) is 5.56 Å². The van der Waals surface area contributed by atoms with Crippen LogP contribution in [0.4, 0.5) is 0 Å². The summed E-state index contributed by atoms with van der Waals surface area (Å²) in [6.45, 7) is 0. The molecule has 14 heavy (non-hydrogen) atoms. The molecule has 0 aromatic carbocycles. The fourth-order valence-electron chi connectivity index (χ4n) is 1.28. The van der Waals surface area contributed by atoms with Crippen LogP contribution < -0.4 is 11.2 Å². The van der Waals surface area contributed by atoms with Crippen LogP contribution in [0.15, 0.2) is 9.59 Å². The Labute approximate surface area is 91.7 Å². The second-order valence-corrected chi connectivity index (χ2v) is 3.90. The van der Waals surface area contributed by atoms with Gasteiger partial charge in [0, 0.05) is 36.7 Å². The summed E-state index contributed by atoms with van der Waals surface area (Å²) in [4.78, 5) is 29.0. The van der Waals surface area contributed by atoms with Gasteiger partial charge in [0.1, 0.15) is 0 Å².